The van der Waals surface area contributed by atoms with E-state index in [0.29, 0.717) is 18.6 Å². The van der Waals surface area contributed by atoms with Gasteiger partial charge in [-0.15, -0.1) is 5.59 Å². The zero-order valence-corrected chi connectivity index (χ0v) is 15.7. The molecule has 25 heavy (non-hydrogen) atoms. The van der Waals surface area contributed by atoms with Crippen molar-refractivity contribution >= 4 is 29.0 Å². The quantitative estimate of drug-likeness (QED) is 0.184. The van der Waals surface area contributed by atoms with Crippen LogP contribution in [0.5, 0.6) is 0 Å². The van der Waals surface area contributed by atoms with Crippen LogP contribution in [0.2, 0.25) is 0 Å². The maximum absolute atomic E-state index is 12.6. The first kappa shape index (κ1) is 21.2. The first-order chi connectivity index (χ1) is 12.1. The molecule has 0 bridgehead atoms. The number of nitrogens with one attached hydrogen (secondary N) is 3. The van der Waals surface area contributed by atoms with Crippen molar-refractivity contribution in [1.29, 1.82) is 0 Å². The molecule has 0 saturated carbocycles. The Balaban J connectivity index is 2.47. The minimum absolute atomic E-state index is 0.0717. The van der Waals surface area contributed by atoms with E-state index in [4.69, 9.17) is 17.1 Å². The van der Waals surface area contributed by atoms with Crippen molar-refractivity contribution in [3.8, 4) is 0 Å². The zero-order valence-electron chi connectivity index (χ0n) is 14.8. The topological polar surface area (TPSA) is 79.5 Å². The van der Waals surface area contributed by atoms with Crippen LogP contribution >= 0.6 is 12.2 Å². The molecule has 0 fully saturated rings. The lowest BCUT2D eigenvalue weighted by Gasteiger charge is -2.16. The largest absolute Gasteiger partial charge is 0.301 e. The lowest BCUT2D eigenvalue weighted by Crippen LogP contribution is -2.48. The lowest BCUT2D eigenvalue weighted by atomic mass is 9.93. The van der Waals surface area contributed by atoms with E-state index in [2.05, 4.69) is 23.3 Å². The van der Waals surface area contributed by atoms with Crippen molar-refractivity contribution in [2.24, 2.45) is 5.92 Å². The molecule has 0 radical (unpaired) electrons. The average molecular weight is 365 g/mol. The summed E-state index contributed by atoms with van der Waals surface area (Å²) in [4.78, 5) is 30.1. The number of benzene rings is 1. The van der Waals surface area contributed by atoms with Gasteiger partial charge in [0.1, 0.15) is 5.92 Å². The van der Waals surface area contributed by atoms with Gasteiger partial charge in [0, 0.05) is 5.56 Å². The Labute approximate surface area is 154 Å². The van der Waals surface area contributed by atoms with Gasteiger partial charge in [-0.1, -0.05) is 63.4 Å². The number of ketones is 1. The molecule has 1 aromatic rings. The second kappa shape index (κ2) is 12.5. The molecule has 138 valence electrons. The maximum Gasteiger partial charge on any atom is 0.237 e. The van der Waals surface area contributed by atoms with Crippen LogP contribution in [0.1, 0.15) is 56.3 Å². The minimum Gasteiger partial charge on any atom is -0.301 e. The van der Waals surface area contributed by atoms with Crippen molar-refractivity contribution < 1.29 is 14.4 Å². The number of hydrazine groups is 1. The second-order valence-electron chi connectivity index (χ2n) is 5.67. The minimum atomic E-state index is -0.766. The molecular weight excluding hydrogens is 338 g/mol. The van der Waals surface area contributed by atoms with Gasteiger partial charge in [-0.3, -0.25) is 19.9 Å². The summed E-state index contributed by atoms with van der Waals surface area (Å²) in [6.07, 6.45) is 4.32. The van der Waals surface area contributed by atoms with E-state index in [1.165, 1.54) is 0 Å². The standard InChI is InChI=1S/C18H27N3O3S/c1-3-5-9-13-24-21-20-18(25)19-17(23)15(10-4-2)16(22)14-11-7-6-8-12-14/h6-8,11-12,15,21H,3-5,9-10,13H2,1-2H3,(H2,19,20,23,25). The predicted octanol–water partition coefficient (Wildman–Crippen LogP) is 2.90. The van der Waals surface area contributed by atoms with Gasteiger partial charge >= 0.3 is 0 Å². The number of hydrogen-bond acceptors (Lipinski definition) is 5. The van der Waals surface area contributed by atoms with Crippen LogP contribution in [0.4, 0.5) is 0 Å². The van der Waals surface area contributed by atoms with Crippen molar-refractivity contribution in [1.82, 2.24) is 16.3 Å². The highest BCUT2D eigenvalue weighted by atomic mass is 32.1. The van der Waals surface area contributed by atoms with Gasteiger partial charge < -0.3 is 5.32 Å². The van der Waals surface area contributed by atoms with Gasteiger partial charge in [0.05, 0.1) is 6.61 Å². The van der Waals surface area contributed by atoms with Crippen molar-refractivity contribution in [3.05, 3.63) is 35.9 Å². The smallest absolute Gasteiger partial charge is 0.237 e. The SMILES string of the molecule is CCCCCONNC(=S)NC(=O)C(CCC)C(=O)c1ccccc1. The van der Waals surface area contributed by atoms with Gasteiger partial charge in [0.25, 0.3) is 0 Å². The van der Waals surface area contributed by atoms with E-state index in [-0.39, 0.29) is 10.9 Å². The summed E-state index contributed by atoms with van der Waals surface area (Å²) in [5, 5.41) is 2.61. The Morgan fingerprint density at radius 1 is 1.12 bits per heavy atom. The van der Waals surface area contributed by atoms with Crippen LogP contribution in [0, 0.1) is 5.92 Å². The molecule has 1 amide bonds. The van der Waals surface area contributed by atoms with Crippen molar-refractivity contribution in [2.75, 3.05) is 6.61 Å². The Bertz CT molecular complexity index is 552. The van der Waals surface area contributed by atoms with E-state index in [9.17, 15) is 9.59 Å². The molecule has 1 aromatic carbocycles. The summed E-state index contributed by atoms with van der Waals surface area (Å²) in [6.45, 7) is 4.59. The number of unbranched alkanes of at least 4 members (excludes halogenated alkanes) is 2. The number of hydrogen-bond donors (Lipinski definition) is 3. The summed E-state index contributed by atoms with van der Waals surface area (Å²) >= 11 is 5.04. The number of thiocarbonyl (C=S) groups is 1. The van der Waals surface area contributed by atoms with Crippen LogP contribution in [0.15, 0.2) is 30.3 Å². The Morgan fingerprint density at radius 2 is 1.84 bits per heavy atom. The summed E-state index contributed by atoms with van der Waals surface area (Å²) < 4.78 is 0. The number of carbonyl (C=O) groups excluding carboxylic acids is 2. The van der Waals surface area contributed by atoms with Gasteiger partial charge in [-0.2, -0.15) is 0 Å². The molecule has 0 saturated heterocycles. The highest BCUT2D eigenvalue weighted by Crippen LogP contribution is 2.14. The van der Waals surface area contributed by atoms with Gasteiger partial charge in [0.2, 0.25) is 5.91 Å². The third-order valence-corrected chi connectivity index (χ3v) is 3.80. The third-order valence-electron chi connectivity index (χ3n) is 3.59. The van der Waals surface area contributed by atoms with Crippen LogP contribution in [0.3, 0.4) is 0 Å². The van der Waals surface area contributed by atoms with Crippen LogP contribution < -0.4 is 16.3 Å². The number of rotatable bonds is 11. The normalized spacial score (nSPS) is 11.6. The molecule has 0 aromatic heterocycles. The second-order valence-corrected chi connectivity index (χ2v) is 6.08. The summed E-state index contributed by atoms with van der Waals surface area (Å²) in [5.74, 6) is -1.38. The van der Waals surface area contributed by atoms with Crippen molar-refractivity contribution in [3.63, 3.8) is 0 Å². The first-order valence-electron chi connectivity index (χ1n) is 8.67. The van der Waals surface area contributed by atoms with E-state index in [1.54, 1.807) is 24.3 Å². The van der Waals surface area contributed by atoms with E-state index in [1.807, 2.05) is 13.0 Å². The van der Waals surface area contributed by atoms with Crippen LogP contribution in [0.25, 0.3) is 0 Å². The highest BCUT2D eigenvalue weighted by molar-refractivity contribution is 7.80. The fourth-order valence-electron chi connectivity index (χ4n) is 2.26. The molecule has 0 aliphatic heterocycles. The molecule has 0 aliphatic rings. The summed E-state index contributed by atoms with van der Waals surface area (Å²) in [6, 6.07) is 8.80. The molecule has 1 unspecified atom stereocenters. The molecule has 0 heterocycles. The number of carbonyl (C=O) groups is 2. The maximum atomic E-state index is 12.6. The molecular formula is C18H27N3O3S. The molecule has 0 aliphatic carbocycles. The molecule has 0 spiro atoms. The van der Waals surface area contributed by atoms with Gasteiger partial charge in [0.15, 0.2) is 10.9 Å². The van der Waals surface area contributed by atoms with Crippen LogP contribution in [-0.2, 0) is 9.63 Å². The van der Waals surface area contributed by atoms with Gasteiger partial charge in [-0.25, -0.2) is 0 Å². The third kappa shape index (κ3) is 8.20. The fourth-order valence-corrected chi connectivity index (χ4v) is 2.40. The Morgan fingerprint density at radius 3 is 2.48 bits per heavy atom. The van der Waals surface area contributed by atoms with Gasteiger partial charge in [-0.05, 0) is 25.1 Å². The predicted molar refractivity (Wildman–Crippen MR) is 102 cm³/mol. The van der Waals surface area contributed by atoms with Crippen molar-refractivity contribution in [2.45, 2.75) is 46.0 Å². The zero-order chi connectivity index (χ0) is 18.5. The Kier molecular flexibility index (Phi) is 10.6. The fraction of sp³-hybridized carbons (Fsp3) is 0.500. The molecule has 1 atom stereocenters. The average Bonchev–Trinajstić information content (AvgIpc) is 2.62. The number of amides is 1. The van der Waals surface area contributed by atoms with E-state index >= 15 is 0 Å². The number of Topliss-reactive ketones (excluding diaryl/α,β-unsaturated/α-hetero) is 1. The van der Waals surface area contributed by atoms with E-state index < -0.39 is 11.8 Å². The van der Waals surface area contributed by atoms with E-state index in [0.717, 1.165) is 25.7 Å². The molecule has 1 rings (SSSR count). The molecule has 6 nitrogen and oxygen atoms in total. The summed E-state index contributed by atoms with van der Waals surface area (Å²) in [7, 11) is 0. The molecule has 3 N–H and O–H groups in total. The Hall–Kier alpha value is -1.83. The summed E-state index contributed by atoms with van der Waals surface area (Å²) in [5.41, 5.74) is 5.59. The first-order valence-corrected chi connectivity index (χ1v) is 9.07. The monoisotopic (exact) mass is 365 g/mol. The van der Waals surface area contributed by atoms with Crippen LogP contribution in [-0.4, -0.2) is 23.4 Å². The highest BCUT2D eigenvalue weighted by Gasteiger charge is 2.27. The molecule has 7 heteroatoms. The lowest BCUT2D eigenvalue weighted by molar-refractivity contribution is -0.122.